The van der Waals surface area contributed by atoms with Crippen molar-refractivity contribution >= 4 is 28.2 Å². The number of nitrogens with one attached hydrogen (secondary N) is 2. The molecule has 31 heavy (non-hydrogen) atoms. The molecule has 0 spiro atoms. The largest absolute Gasteiger partial charge is 0.432 e. The average Bonchev–Trinajstić information content (AvgIpc) is 3.12. The van der Waals surface area contributed by atoms with E-state index >= 15 is 0 Å². The Morgan fingerprint density at radius 1 is 1.19 bits per heavy atom. The van der Waals surface area contributed by atoms with Gasteiger partial charge in [0.1, 0.15) is 5.70 Å². The Hall–Kier alpha value is -3.75. The summed E-state index contributed by atoms with van der Waals surface area (Å²) < 4.78 is 41.7. The number of aromatic nitrogens is 2. The normalized spacial score (nSPS) is 16.8. The van der Waals surface area contributed by atoms with E-state index in [9.17, 15) is 18.4 Å². The van der Waals surface area contributed by atoms with Gasteiger partial charge in [-0.1, -0.05) is 29.8 Å². The minimum absolute atomic E-state index is 0.00706. The van der Waals surface area contributed by atoms with Crippen molar-refractivity contribution < 1.29 is 13.2 Å². The molecule has 2 aromatic carbocycles. The number of nitriles is 1. The van der Waals surface area contributed by atoms with Gasteiger partial charge in [-0.25, -0.2) is 4.85 Å². The fraction of sp³-hybridized carbons (Fsp3) is 0.136. The van der Waals surface area contributed by atoms with Crippen molar-refractivity contribution in [3.8, 4) is 6.07 Å². The molecular formula is C22H13ClF3N5. The van der Waals surface area contributed by atoms with Crippen LogP contribution in [0.25, 0.3) is 21.4 Å². The maximum Gasteiger partial charge on any atom is 0.432 e. The van der Waals surface area contributed by atoms with E-state index in [1.54, 1.807) is 31.2 Å². The summed E-state index contributed by atoms with van der Waals surface area (Å²) in [6.07, 6.45) is -4.82. The Bertz CT molecular complexity index is 1330. The third-order valence-electron chi connectivity index (χ3n) is 5.10. The van der Waals surface area contributed by atoms with E-state index in [0.717, 1.165) is 5.69 Å². The van der Waals surface area contributed by atoms with E-state index in [1.165, 1.54) is 24.3 Å². The Kier molecular flexibility index (Phi) is 4.96. The Morgan fingerprint density at radius 3 is 2.52 bits per heavy atom. The molecule has 0 aliphatic carbocycles. The number of aromatic amines is 1. The van der Waals surface area contributed by atoms with Gasteiger partial charge >= 0.3 is 6.18 Å². The van der Waals surface area contributed by atoms with E-state index in [2.05, 4.69) is 20.4 Å². The predicted octanol–water partition coefficient (Wildman–Crippen LogP) is 5.84. The first-order valence-electron chi connectivity index (χ1n) is 9.05. The first-order chi connectivity index (χ1) is 14.7. The van der Waals surface area contributed by atoms with Crippen molar-refractivity contribution in [1.29, 1.82) is 5.26 Å². The van der Waals surface area contributed by atoms with Gasteiger partial charge in [-0.05, 0) is 42.3 Å². The van der Waals surface area contributed by atoms with Crippen LogP contribution in [0.5, 0.6) is 0 Å². The summed E-state index contributed by atoms with van der Waals surface area (Å²) in [5, 5.41) is 20.1. The third-order valence-corrected chi connectivity index (χ3v) is 5.35. The maximum atomic E-state index is 13.9. The van der Waals surface area contributed by atoms with Crippen molar-refractivity contribution in [1.82, 2.24) is 15.5 Å². The number of dihydropyridines is 1. The van der Waals surface area contributed by atoms with Crippen LogP contribution in [0.15, 0.2) is 59.4 Å². The fourth-order valence-corrected chi connectivity index (χ4v) is 3.77. The standard InChI is InChI=1S/C22H13ClF3N5/c1-11-15-9-13(5-8-17(15)31-30-11)18-16(10-27)21(22(24,25)26)29-19(20(18)28-2)12-3-6-14(23)7-4-12/h3-9,18,29H,1H3,(H,30,31). The summed E-state index contributed by atoms with van der Waals surface area (Å²) >= 11 is 5.91. The molecule has 0 fully saturated rings. The smallest absolute Gasteiger partial charge is 0.360 e. The Balaban J connectivity index is 2.02. The summed E-state index contributed by atoms with van der Waals surface area (Å²) in [6.45, 7) is 9.52. The molecule has 9 heteroatoms. The van der Waals surface area contributed by atoms with Gasteiger partial charge in [-0.3, -0.25) is 5.10 Å². The van der Waals surface area contributed by atoms with Gasteiger partial charge < -0.3 is 5.32 Å². The molecular weight excluding hydrogens is 427 g/mol. The maximum absolute atomic E-state index is 13.9. The molecule has 0 bridgehead atoms. The number of H-pyrrole nitrogens is 1. The summed E-state index contributed by atoms with van der Waals surface area (Å²) in [7, 11) is 0. The molecule has 0 saturated heterocycles. The molecule has 154 valence electrons. The molecule has 5 nitrogen and oxygen atoms in total. The van der Waals surface area contributed by atoms with Gasteiger partial charge in [0, 0.05) is 21.8 Å². The number of aryl methyl sites for hydroxylation is 1. The minimum atomic E-state index is -4.82. The van der Waals surface area contributed by atoms with Crippen LogP contribution in [-0.4, -0.2) is 16.4 Å². The number of benzene rings is 2. The van der Waals surface area contributed by atoms with Crippen molar-refractivity contribution in [2.75, 3.05) is 0 Å². The van der Waals surface area contributed by atoms with Crippen LogP contribution >= 0.6 is 11.6 Å². The first kappa shape index (κ1) is 20.5. The van der Waals surface area contributed by atoms with Gasteiger partial charge in [0.25, 0.3) is 0 Å². The number of halogens is 4. The summed E-state index contributed by atoms with van der Waals surface area (Å²) in [4.78, 5) is 3.55. The van der Waals surface area contributed by atoms with Gasteiger partial charge in [0.15, 0.2) is 0 Å². The van der Waals surface area contributed by atoms with E-state index in [1.807, 2.05) is 0 Å². The van der Waals surface area contributed by atoms with E-state index < -0.39 is 23.4 Å². The average molecular weight is 440 g/mol. The number of rotatable bonds is 2. The topological polar surface area (TPSA) is 68.9 Å². The van der Waals surface area contributed by atoms with E-state index in [4.69, 9.17) is 18.2 Å². The summed E-state index contributed by atoms with van der Waals surface area (Å²) in [6, 6.07) is 12.7. The zero-order chi connectivity index (χ0) is 22.3. The van der Waals surface area contributed by atoms with Gasteiger partial charge in [0.05, 0.1) is 29.6 Å². The third kappa shape index (κ3) is 3.52. The van der Waals surface area contributed by atoms with E-state index in [0.29, 0.717) is 27.1 Å². The number of hydrogen-bond acceptors (Lipinski definition) is 3. The number of fused-ring (bicyclic) bond motifs is 1. The van der Waals surface area contributed by atoms with Crippen LogP contribution in [0, 0.1) is 24.8 Å². The van der Waals surface area contributed by atoms with Crippen LogP contribution < -0.4 is 5.32 Å². The molecule has 1 aromatic heterocycles. The van der Waals surface area contributed by atoms with Crippen LogP contribution in [0.3, 0.4) is 0 Å². The zero-order valence-electron chi connectivity index (χ0n) is 16.0. The molecule has 1 aliphatic rings. The molecule has 2 heterocycles. The van der Waals surface area contributed by atoms with Gasteiger partial charge in [0.2, 0.25) is 5.70 Å². The van der Waals surface area contributed by atoms with Crippen LogP contribution in [-0.2, 0) is 0 Å². The number of nitrogens with zero attached hydrogens (tertiary/aromatic N) is 3. The SMILES string of the molecule is [C-]#[N+]C1=C(c2ccc(Cl)cc2)NC(C(F)(F)F)=C(C#N)C1c1ccc2n[nH]c(C)c2c1. The highest BCUT2D eigenvalue weighted by molar-refractivity contribution is 6.30. The summed E-state index contributed by atoms with van der Waals surface area (Å²) in [5.74, 6) is -1.19. The second-order valence-corrected chi connectivity index (χ2v) is 7.40. The Labute approximate surface area is 180 Å². The highest BCUT2D eigenvalue weighted by Gasteiger charge is 2.44. The number of alkyl halides is 3. The monoisotopic (exact) mass is 439 g/mol. The molecule has 0 amide bonds. The lowest BCUT2D eigenvalue weighted by molar-refractivity contribution is -0.0962. The molecule has 4 rings (SSSR count). The quantitative estimate of drug-likeness (QED) is 0.493. The molecule has 1 aliphatic heterocycles. The zero-order valence-corrected chi connectivity index (χ0v) is 16.7. The molecule has 1 unspecified atom stereocenters. The number of allylic oxidation sites excluding steroid dienone is 2. The second kappa shape index (κ2) is 7.50. The van der Waals surface area contributed by atoms with Crippen LogP contribution in [0.2, 0.25) is 5.02 Å². The van der Waals surface area contributed by atoms with Gasteiger partial charge in [-0.2, -0.15) is 23.5 Å². The van der Waals surface area contributed by atoms with Crippen molar-refractivity contribution in [3.63, 3.8) is 0 Å². The predicted molar refractivity (Wildman–Crippen MR) is 110 cm³/mol. The van der Waals surface area contributed by atoms with Crippen molar-refractivity contribution in [2.45, 2.75) is 19.0 Å². The highest BCUT2D eigenvalue weighted by atomic mass is 35.5. The Morgan fingerprint density at radius 2 is 1.90 bits per heavy atom. The fourth-order valence-electron chi connectivity index (χ4n) is 3.64. The molecule has 0 saturated carbocycles. The minimum Gasteiger partial charge on any atom is -0.360 e. The van der Waals surface area contributed by atoms with Crippen LogP contribution in [0.1, 0.15) is 22.7 Å². The molecule has 1 atom stereocenters. The second-order valence-electron chi connectivity index (χ2n) is 6.96. The lowest BCUT2D eigenvalue weighted by Gasteiger charge is -2.30. The van der Waals surface area contributed by atoms with Crippen molar-refractivity contribution in [2.24, 2.45) is 0 Å². The lowest BCUT2D eigenvalue weighted by Crippen LogP contribution is -2.33. The molecule has 0 radical (unpaired) electrons. The number of hydrogen-bond donors (Lipinski definition) is 2. The molecule has 3 aromatic rings. The lowest BCUT2D eigenvalue weighted by atomic mass is 9.82. The van der Waals surface area contributed by atoms with Crippen LogP contribution in [0.4, 0.5) is 13.2 Å². The highest BCUT2D eigenvalue weighted by Crippen LogP contribution is 2.45. The van der Waals surface area contributed by atoms with Crippen molar-refractivity contribution in [3.05, 3.63) is 92.7 Å². The van der Waals surface area contributed by atoms with Gasteiger partial charge in [-0.15, -0.1) is 0 Å². The molecule has 2 N–H and O–H groups in total. The first-order valence-corrected chi connectivity index (χ1v) is 9.43. The van der Waals surface area contributed by atoms with E-state index in [-0.39, 0.29) is 11.4 Å². The summed E-state index contributed by atoms with van der Waals surface area (Å²) in [5.41, 5.74) is 0.377.